The van der Waals surface area contributed by atoms with E-state index in [0.717, 1.165) is 10.6 Å². The van der Waals surface area contributed by atoms with Gasteiger partial charge in [-0.25, -0.2) is 0 Å². The molecule has 0 bridgehead atoms. The Morgan fingerprint density at radius 2 is 1.65 bits per heavy atom. The fourth-order valence-corrected chi connectivity index (χ4v) is 5.10. The van der Waals surface area contributed by atoms with Gasteiger partial charge in [0.15, 0.2) is 11.5 Å². The molecule has 2 aromatic carbocycles. The van der Waals surface area contributed by atoms with Crippen LogP contribution in [-0.2, 0) is 14.4 Å². The maximum absolute atomic E-state index is 13.2. The van der Waals surface area contributed by atoms with Crippen molar-refractivity contribution in [2.75, 3.05) is 50.5 Å². The average molecular weight is 482 g/mol. The number of anilines is 1. The molecule has 0 saturated carbocycles. The van der Waals surface area contributed by atoms with Crippen molar-refractivity contribution in [1.29, 1.82) is 0 Å². The van der Waals surface area contributed by atoms with Gasteiger partial charge in [-0.1, -0.05) is 18.2 Å². The number of hydrogen-bond donors (Lipinski definition) is 0. The third kappa shape index (κ3) is 4.44. The zero-order valence-corrected chi connectivity index (χ0v) is 19.8. The van der Waals surface area contributed by atoms with Crippen LogP contribution in [0.25, 0.3) is 0 Å². The van der Waals surface area contributed by atoms with E-state index in [2.05, 4.69) is 0 Å². The number of rotatable bonds is 4. The largest absolute Gasteiger partial charge is 0.485 e. The normalized spacial score (nSPS) is 22.1. The number of ether oxygens (including phenoxy) is 2. The minimum atomic E-state index is -0.685. The van der Waals surface area contributed by atoms with Crippen LogP contribution in [0.2, 0.25) is 0 Å². The van der Waals surface area contributed by atoms with E-state index >= 15 is 0 Å². The Kier molecular flexibility index (Phi) is 6.36. The Bertz CT molecular complexity index is 1100. The molecule has 0 aromatic heterocycles. The highest BCUT2D eigenvalue weighted by atomic mass is 32.2. The summed E-state index contributed by atoms with van der Waals surface area (Å²) in [6.45, 7) is 2.33. The van der Waals surface area contributed by atoms with Crippen LogP contribution in [0.5, 0.6) is 11.5 Å². The summed E-state index contributed by atoms with van der Waals surface area (Å²) in [7, 11) is 0. The minimum absolute atomic E-state index is 0.0184. The molecule has 0 spiro atoms. The Morgan fingerprint density at radius 3 is 2.38 bits per heavy atom. The lowest BCUT2D eigenvalue weighted by molar-refractivity contribution is -0.147. The number of piperazine rings is 1. The van der Waals surface area contributed by atoms with Gasteiger partial charge in [0, 0.05) is 49.7 Å². The van der Waals surface area contributed by atoms with Crippen LogP contribution >= 0.6 is 11.8 Å². The molecule has 2 aromatic rings. The van der Waals surface area contributed by atoms with E-state index in [1.165, 1.54) is 0 Å². The number of carbonyl (C=O) groups excluding carboxylic acids is 3. The average Bonchev–Trinajstić information content (AvgIpc) is 3.29. The summed E-state index contributed by atoms with van der Waals surface area (Å²) in [5.74, 6) is 0.675. The van der Waals surface area contributed by atoms with Crippen molar-refractivity contribution >= 4 is 35.2 Å². The van der Waals surface area contributed by atoms with Gasteiger partial charge in [-0.05, 0) is 36.6 Å². The fourth-order valence-electron chi connectivity index (χ4n) is 4.65. The van der Waals surface area contributed by atoms with Gasteiger partial charge in [-0.3, -0.25) is 14.4 Å². The molecule has 8 nitrogen and oxygen atoms in total. The lowest BCUT2D eigenvalue weighted by atomic mass is 10.1. The van der Waals surface area contributed by atoms with E-state index in [-0.39, 0.29) is 36.7 Å². The molecule has 2 saturated heterocycles. The van der Waals surface area contributed by atoms with Crippen LogP contribution in [0.15, 0.2) is 53.4 Å². The minimum Gasteiger partial charge on any atom is -0.485 e. The Balaban J connectivity index is 1.15. The van der Waals surface area contributed by atoms with Gasteiger partial charge >= 0.3 is 0 Å². The second-order valence-corrected chi connectivity index (χ2v) is 9.50. The summed E-state index contributed by atoms with van der Waals surface area (Å²) in [4.78, 5) is 45.0. The summed E-state index contributed by atoms with van der Waals surface area (Å²) in [5, 5.41) is 0. The molecule has 34 heavy (non-hydrogen) atoms. The molecule has 9 heteroatoms. The fraction of sp³-hybridized carbons (Fsp3) is 0.400. The second kappa shape index (κ2) is 9.58. The number of para-hydroxylation sites is 2. The molecule has 178 valence electrons. The molecule has 0 N–H and O–H groups in total. The van der Waals surface area contributed by atoms with Crippen LogP contribution in [0, 0.1) is 5.92 Å². The van der Waals surface area contributed by atoms with Gasteiger partial charge in [0.1, 0.15) is 6.61 Å². The molecule has 0 aliphatic carbocycles. The number of thioether (sulfide) groups is 1. The number of amides is 3. The van der Waals surface area contributed by atoms with Crippen LogP contribution in [0.1, 0.15) is 6.42 Å². The van der Waals surface area contributed by atoms with E-state index in [1.807, 2.05) is 48.7 Å². The SMILES string of the molecule is CSc1cccc(N2C[C@H](C(=O)N3CCN(C(=O)[C@H]4COc5ccccc5O4)CC3)CC2=O)c1. The monoisotopic (exact) mass is 481 g/mol. The molecule has 3 amide bonds. The standard InChI is InChI=1S/C25H27N3O5S/c1-34-19-6-4-5-18(14-19)28-15-17(13-23(28)29)24(30)26-9-11-27(12-10-26)25(31)22-16-32-20-7-2-3-8-21(20)33-22/h2-8,14,17,22H,9-13,15-16H2,1H3/t17-,22-/m1/s1. The molecule has 2 atom stereocenters. The molecule has 0 unspecified atom stereocenters. The lowest BCUT2D eigenvalue weighted by Crippen LogP contribution is -2.56. The first-order valence-electron chi connectivity index (χ1n) is 11.4. The van der Waals surface area contributed by atoms with Crippen molar-refractivity contribution in [3.05, 3.63) is 48.5 Å². The summed E-state index contributed by atoms with van der Waals surface area (Å²) < 4.78 is 11.5. The molecule has 2 fully saturated rings. The van der Waals surface area contributed by atoms with Crippen molar-refractivity contribution in [2.45, 2.75) is 17.4 Å². The predicted molar refractivity (Wildman–Crippen MR) is 128 cm³/mol. The first kappa shape index (κ1) is 22.6. The van der Waals surface area contributed by atoms with Crippen molar-refractivity contribution in [3.63, 3.8) is 0 Å². The van der Waals surface area contributed by atoms with Gasteiger partial charge < -0.3 is 24.2 Å². The van der Waals surface area contributed by atoms with Crippen molar-refractivity contribution in [2.24, 2.45) is 5.92 Å². The Labute approximate surface area is 202 Å². The zero-order valence-electron chi connectivity index (χ0n) is 19.0. The van der Waals surface area contributed by atoms with E-state index in [4.69, 9.17) is 9.47 Å². The van der Waals surface area contributed by atoms with Gasteiger partial charge in [0.05, 0.1) is 5.92 Å². The Morgan fingerprint density at radius 1 is 0.941 bits per heavy atom. The van der Waals surface area contributed by atoms with Gasteiger partial charge in [0.2, 0.25) is 17.9 Å². The van der Waals surface area contributed by atoms with Crippen molar-refractivity contribution in [1.82, 2.24) is 9.80 Å². The topological polar surface area (TPSA) is 79.4 Å². The van der Waals surface area contributed by atoms with E-state index < -0.39 is 6.10 Å². The third-order valence-corrected chi connectivity index (χ3v) is 7.25. The third-order valence-electron chi connectivity index (χ3n) is 6.53. The number of benzene rings is 2. The highest BCUT2D eigenvalue weighted by Gasteiger charge is 2.39. The maximum atomic E-state index is 13.2. The van der Waals surface area contributed by atoms with Crippen LogP contribution in [0.3, 0.4) is 0 Å². The molecule has 3 aliphatic rings. The Hall–Kier alpha value is -3.20. The van der Waals surface area contributed by atoms with Crippen LogP contribution < -0.4 is 14.4 Å². The summed E-state index contributed by atoms with van der Waals surface area (Å²) >= 11 is 1.62. The number of fused-ring (bicyclic) bond motifs is 1. The molecular formula is C25H27N3O5S. The van der Waals surface area contributed by atoms with Crippen molar-refractivity contribution < 1.29 is 23.9 Å². The van der Waals surface area contributed by atoms with Crippen LogP contribution in [0.4, 0.5) is 5.69 Å². The lowest BCUT2D eigenvalue weighted by Gasteiger charge is -2.37. The quantitative estimate of drug-likeness (QED) is 0.624. The summed E-state index contributed by atoms with van der Waals surface area (Å²) in [6, 6.07) is 15.1. The molecule has 3 heterocycles. The zero-order chi connectivity index (χ0) is 23.7. The molecule has 3 aliphatic heterocycles. The maximum Gasteiger partial charge on any atom is 0.267 e. The van der Waals surface area contributed by atoms with Gasteiger partial charge in [-0.2, -0.15) is 0 Å². The predicted octanol–water partition coefficient (Wildman–Crippen LogP) is 2.27. The van der Waals surface area contributed by atoms with E-state index in [9.17, 15) is 14.4 Å². The summed E-state index contributed by atoms with van der Waals surface area (Å²) in [5.41, 5.74) is 0.832. The number of nitrogens with zero attached hydrogens (tertiary/aromatic N) is 3. The highest BCUT2D eigenvalue weighted by Crippen LogP contribution is 2.32. The highest BCUT2D eigenvalue weighted by molar-refractivity contribution is 7.98. The van der Waals surface area contributed by atoms with Crippen LogP contribution in [-0.4, -0.2) is 79.2 Å². The second-order valence-electron chi connectivity index (χ2n) is 8.62. The van der Waals surface area contributed by atoms with Gasteiger partial charge in [0.25, 0.3) is 5.91 Å². The van der Waals surface area contributed by atoms with E-state index in [0.29, 0.717) is 44.2 Å². The van der Waals surface area contributed by atoms with Gasteiger partial charge in [-0.15, -0.1) is 11.8 Å². The molecule has 0 radical (unpaired) electrons. The molecular weight excluding hydrogens is 454 g/mol. The summed E-state index contributed by atoms with van der Waals surface area (Å²) in [6.07, 6.45) is 1.53. The number of carbonyl (C=O) groups is 3. The molecule has 5 rings (SSSR count). The first-order chi connectivity index (χ1) is 16.5. The van der Waals surface area contributed by atoms with E-state index in [1.54, 1.807) is 32.5 Å². The smallest absolute Gasteiger partial charge is 0.267 e. The first-order valence-corrected chi connectivity index (χ1v) is 12.7. The number of hydrogen-bond acceptors (Lipinski definition) is 6. The van der Waals surface area contributed by atoms with Crippen molar-refractivity contribution in [3.8, 4) is 11.5 Å².